The maximum Gasteiger partial charge on any atom is 0.410 e. The first-order valence-electron chi connectivity index (χ1n) is 10.4. The summed E-state index contributed by atoms with van der Waals surface area (Å²) in [5.41, 5.74) is 3.31. The summed E-state index contributed by atoms with van der Waals surface area (Å²) in [5, 5.41) is 4.82. The second kappa shape index (κ2) is 9.03. The minimum absolute atomic E-state index is 0. The molecule has 0 spiro atoms. The molecule has 30 heavy (non-hydrogen) atoms. The Bertz CT molecular complexity index is 933. The number of aromatic nitrogens is 1. The number of ether oxygens (including phenoxy) is 1. The van der Waals surface area contributed by atoms with Crippen LogP contribution in [-0.4, -0.2) is 71.2 Å². The van der Waals surface area contributed by atoms with Crippen LogP contribution in [0, 0.1) is 6.92 Å². The van der Waals surface area contributed by atoms with Crippen LogP contribution in [0.5, 0.6) is 0 Å². The SMILES string of the molecule is Cc1[nH]c2ccccc2c1CCNC1=NCC2CN(C(=O)OC(C)(C)C)CCN12.I. The Morgan fingerprint density at radius 3 is 2.83 bits per heavy atom. The van der Waals surface area contributed by atoms with Crippen LogP contribution in [0.1, 0.15) is 32.0 Å². The van der Waals surface area contributed by atoms with Crippen LogP contribution in [0.15, 0.2) is 29.3 Å². The number of aryl methyl sites for hydroxylation is 1. The van der Waals surface area contributed by atoms with Crippen molar-refractivity contribution in [1.29, 1.82) is 0 Å². The zero-order chi connectivity index (χ0) is 20.6. The molecule has 1 aromatic heterocycles. The maximum absolute atomic E-state index is 12.4. The van der Waals surface area contributed by atoms with E-state index in [0.29, 0.717) is 19.6 Å². The molecule has 164 valence electrons. The molecule has 2 aromatic rings. The quantitative estimate of drug-likeness (QED) is 0.602. The van der Waals surface area contributed by atoms with Crippen LogP contribution in [0.3, 0.4) is 0 Å². The van der Waals surface area contributed by atoms with Crippen LogP contribution in [-0.2, 0) is 11.2 Å². The van der Waals surface area contributed by atoms with Gasteiger partial charge in [-0.25, -0.2) is 4.79 Å². The summed E-state index contributed by atoms with van der Waals surface area (Å²) in [6.07, 6.45) is 0.714. The molecule has 8 heteroatoms. The van der Waals surface area contributed by atoms with Gasteiger partial charge in [0.15, 0.2) is 5.96 Å². The van der Waals surface area contributed by atoms with E-state index in [2.05, 4.69) is 46.4 Å². The standard InChI is InChI=1S/C22H31N5O2.HI/c1-15-17(18-7-5-6-8-19(18)25-15)9-10-23-20-24-13-16-14-26(11-12-27(16)20)21(28)29-22(2,3)4;/h5-8,16,25H,9-14H2,1-4H3,(H,23,24);1H. The Hall–Kier alpha value is -1.97. The molecule has 2 aliphatic heterocycles. The summed E-state index contributed by atoms with van der Waals surface area (Å²) in [5.74, 6) is 0.955. The van der Waals surface area contributed by atoms with Crippen molar-refractivity contribution in [1.82, 2.24) is 20.1 Å². The van der Waals surface area contributed by atoms with Crippen molar-refractivity contribution in [2.75, 3.05) is 32.7 Å². The highest BCUT2D eigenvalue weighted by molar-refractivity contribution is 14.0. The van der Waals surface area contributed by atoms with E-state index >= 15 is 0 Å². The van der Waals surface area contributed by atoms with Crippen molar-refractivity contribution in [2.45, 2.75) is 45.8 Å². The second-order valence-corrected chi connectivity index (χ2v) is 8.89. The van der Waals surface area contributed by atoms with E-state index in [0.717, 1.165) is 25.5 Å². The zero-order valence-electron chi connectivity index (χ0n) is 18.2. The molecule has 1 atom stereocenters. The van der Waals surface area contributed by atoms with Crippen LogP contribution in [0.4, 0.5) is 4.79 Å². The highest BCUT2D eigenvalue weighted by Crippen LogP contribution is 2.22. The fourth-order valence-electron chi connectivity index (χ4n) is 4.18. The number of nitrogens with one attached hydrogen (secondary N) is 2. The topological polar surface area (TPSA) is 73.0 Å². The van der Waals surface area contributed by atoms with Gasteiger partial charge in [0.1, 0.15) is 5.60 Å². The van der Waals surface area contributed by atoms with E-state index in [1.165, 1.54) is 22.2 Å². The van der Waals surface area contributed by atoms with Crippen LogP contribution >= 0.6 is 24.0 Å². The van der Waals surface area contributed by atoms with Gasteiger partial charge in [0.25, 0.3) is 0 Å². The number of aliphatic imine (C=N–C) groups is 1. The maximum atomic E-state index is 12.4. The van der Waals surface area contributed by atoms with Crippen molar-refractivity contribution < 1.29 is 9.53 Å². The first kappa shape index (κ1) is 22.7. The number of nitrogens with zero attached hydrogens (tertiary/aromatic N) is 3. The van der Waals surface area contributed by atoms with Gasteiger partial charge in [0.2, 0.25) is 0 Å². The number of para-hydroxylation sites is 1. The molecule has 1 fully saturated rings. The third-order valence-electron chi connectivity index (χ3n) is 5.54. The Morgan fingerprint density at radius 1 is 1.30 bits per heavy atom. The molecule has 1 unspecified atom stereocenters. The normalized spacial score (nSPS) is 18.7. The van der Waals surface area contributed by atoms with Crippen molar-refractivity contribution in [3.05, 3.63) is 35.5 Å². The van der Waals surface area contributed by atoms with E-state index < -0.39 is 5.60 Å². The average Bonchev–Trinajstić information content (AvgIpc) is 3.21. The van der Waals surface area contributed by atoms with Crippen LogP contribution in [0.25, 0.3) is 10.9 Å². The minimum Gasteiger partial charge on any atom is -0.444 e. The molecule has 0 aliphatic carbocycles. The molecule has 0 bridgehead atoms. The fourth-order valence-corrected chi connectivity index (χ4v) is 4.18. The Morgan fingerprint density at radius 2 is 2.07 bits per heavy atom. The molecule has 7 nitrogen and oxygen atoms in total. The Kier molecular flexibility index (Phi) is 6.84. The third-order valence-corrected chi connectivity index (χ3v) is 5.54. The molecule has 2 N–H and O–H groups in total. The summed E-state index contributed by atoms with van der Waals surface area (Å²) < 4.78 is 5.52. The molecule has 0 radical (unpaired) electrons. The monoisotopic (exact) mass is 525 g/mol. The molecule has 1 amide bonds. The van der Waals surface area contributed by atoms with E-state index in [1.807, 2.05) is 20.8 Å². The number of amides is 1. The number of hydrogen-bond donors (Lipinski definition) is 2. The largest absolute Gasteiger partial charge is 0.444 e. The number of fused-ring (bicyclic) bond motifs is 2. The molecule has 2 aliphatic rings. The van der Waals surface area contributed by atoms with Gasteiger partial charge in [-0.1, -0.05) is 18.2 Å². The molecule has 1 aromatic carbocycles. The molecular weight excluding hydrogens is 493 g/mol. The number of halogens is 1. The fraction of sp³-hybridized carbons (Fsp3) is 0.545. The van der Waals surface area contributed by atoms with Crippen molar-refractivity contribution in [2.24, 2.45) is 4.99 Å². The van der Waals surface area contributed by atoms with Crippen LogP contribution in [0.2, 0.25) is 0 Å². The number of carbonyl (C=O) groups excluding carboxylic acids is 1. The first-order chi connectivity index (χ1) is 13.8. The molecule has 0 saturated carbocycles. The predicted octanol–water partition coefficient (Wildman–Crippen LogP) is 3.52. The van der Waals surface area contributed by atoms with Gasteiger partial charge in [-0.05, 0) is 45.7 Å². The second-order valence-electron chi connectivity index (χ2n) is 8.89. The van der Waals surface area contributed by atoms with Gasteiger partial charge >= 0.3 is 6.09 Å². The minimum atomic E-state index is -0.465. The van der Waals surface area contributed by atoms with Crippen molar-refractivity contribution >= 4 is 46.9 Å². The lowest BCUT2D eigenvalue weighted by molar-refractivity contribution is 0.0137. The van der Waals surface area contributed by atoms with E-state index in [-0.39, 0.29) is 36.1 Å². The lowest BCUT2D eigenvalue weighted by Crippen LogP contribution is -2.57. The van der Waals surface area contributed by atoms with Gasteiger partial charge in [-0.15, -0.1) is 24.0 Å². The van der Waals surface area contributed by atoms with Gasteiger partial charge in [-0.2, -0.15) is 0 Å². The van der Waals surface area contributed by atoms with Crippen LogP contribution < -0.4 is 5.32 Å². The number of aromatic amines is 1. The molecule has 4 rings (SSSR count). The summed E-state index contributed by atoms with van der Waals surface area (Å²) in [4.78, 5) is 24.6. The summed E-state index contributed by atoms with van der Waals surface area (Å²) in [6.45, 7) is 11.5. The summed E-state index contributed by atoms with van der Waals surface area (Å²) >= 11 is 0. The summed E-state index contributed by atoms with van der Waals surface area (Å²) in [7, 11) is 0. The zero-order valence-corrected chi connectivity index (χ0v) is 20.5. The van der Waals surface area contributed by atoms with Crippen molar-refractivity contribution in [3.8, 4) is 0 Å². The third kappa shape index (κ3) is 4.84. The van der Waals surface area contributed by atoms with Gasteiger partial charge in [0, 0.05) is 42.8 Å². The average molecular weight is 525 g/mol. The predicted molar refractivity (Wildman–Crippen MR) is 131 cm³/mol. The smallest absolute Gasteiger partial charge is 0.410 e. The Balaban J connectivity index is 0.00000256. The number of rotatable bonds is 3. The molecule has 3 heterocycles. The number of benzene rings is 1. The summed E-state index contributed by atoms with van der Waals surface area (Å²) in [6, 6.07) is 8.67. The van der Waals surface area contributed by atoms with E-state index in [1.54, 1.807) is 4.90 Å². The number of hydrogen-bond acceptors (Lipinski definition) is 5. The van der Waals surface area contributed by atoms with E-state index in [9.17, 15) is 4.79 Å². The first-order valence-corrected chi connectivity index (χ1v) is 10.4. The van der Waals surface area contributed by atoms with Gasteiger partial charge in [-0.3, -0.25) is 4.99 Å². The number of guanidine groups is 1. The van der Waals surface area contributed by atoms with Gasteiger partial charge < -0.3 is 24.8 Å². The number of H-pyrrole nitrogens is 1. The molecular formula is C22H32IN5O2. The highest BCUT2D eigenvalue weighted by Gasteiger charge is 2.36. The number of carbonyl (C=O) groups is 1. The van der Waals surface area contributed by atoms with Gasteiger partial charge in [0.05, 0.1) is 12.6 Å². The highest BCUT2D eigenvalue weighted by atomic mass is 127. The molecule has 1 saturated heterocycles. The lowest BCUT2D eigenvalue weighted by atomic mass is 10.1. The van der Waals surface area contributed by atoms with Crippen molar-refractivity contribution in [3.63, 3.8) is 0 Å². The van der Waals surface area contributed by atoms with E-state index in [4.69, 9.17) is 9.73 Å². The lowest BCUT2D eigenvalue weighted by Gasteiger charge is -2.39. The Labute approximate surface area is 195 Å². The number of piperazine rings is 1.